The van der Waals surface area contributed by atoms with E-state index in [1.54, 1.807) is 29.7 Å². The molecule has 2 saturated heterocycles. The fourth-order valence-electron chi connectivity index (χ4n) is 4.09. The fourth-order valence-corrected chi connectivity index (χ4v) is 4.79. The van der Waals surface area contributed by atoms with Gasteiger partial charge in [0.2, 0.25) is 5.91 Å². The van der Waals surface area contributed by atoms with Gasteiger partial charge in [0.25, 0.3) is 5.91 Å². The van der Waals surface area contributed by atoms with E-state index in [4.69, 9.17) is 0 Å². The minimum absolute atomic E-state index is 0.0569. The largest absolute Gasteiger partial charge is 0.339 e. The van der Waals surface area contributed by atoms with Gasteiger partial charge >= 0.3 is 0 Å². The van der Waals surface area contributed by atoms with Crippen molar-refractivity contribution < 1.29 is 9.59 Å². The van der Waals surface area contributed by atoms with Crippen molar-refractivity contribution in [3.05, 3.63) is 46.4 Å². The van der Waals surface area contributed by atoms with E-state index >= 15 is 0 Å². The highest BCUT2D eigenvalue weighted by atomic mass is 32.1. The fraction of sp³-hybridized carbons (Fsp3) is 0.474. The molecule has 2 atom stereocenters. The minimum atomic E-state index is -0.0569. The van der Waals surface area contributed by atoms with Crippen LogP contribution in [0.4, 0.5) is 0 Å². The van der Waals surface area contributed by atoms with Crippen molar-refractivity contribution in [2.45, 2.75) is 31.7 Å². The molecular weight excluding hydrogens is 348 g/mol. The summed E-state index contributed by atoms with van der Waals surface area (Å²) in [6.45, 7) is 2.14. The van der Waals surface area contributed by atoms with Gasteiger partial charge in [0.1, 0.15) is 0 Å². The number of amides is 2. The number of piperidine rings is 2. The van der Waals surface area contributed by atoms with E-state index in [-0.39, 0.29) is 17.9 Å². The Balaban J connectivity index is 1.41. The average molecular weight is 370 g/mol. The number of hydrogen-bond donors (Lipinski definition) is 0. The van der Waals surface area contributed by atoms with Crippen molar-refractivity contribution in [2.75, 3.05) is 19.6 Å². The van der Waals surface area contributed by atoms with Crippen LogP contribution < -0.4 is 0 Å². The molecule has 0 bridgehead atoms. The molecule has 2 fully saturated rings. The highest BCUT2D eigenvalue weighted by Gasteiger charge is 2.40. The van der Waals surface area contributed by atoms with Crippen LogP contribution in [0.1, 0.15) is 34.6 Å². The van der Waals surface area contributed by atoms with Gasteiger partial charge in [-0.15, -0.1) is 16.4 Å². The number of thiophene rings is 1. The number of rotatable bonds is 4. The smallest absolute Gasteiger partial charge is 0.274 e. The quantitative estimate of drug-likeness (QED) is 0.828. The maximum atomic E-state index is 12.6. The molecule has 2 aliphatic heterocycles. The van der Waals surface area contributed by atoms with Crippen LogP contribution >= 0.6 is 11.3 Å². The van der Waals surface area contributed by atoms with E-state index in [9.17, 15) is 9.59 Å². The van der Waals surface area contributed by atoms with Crippen LogP contribution in [0.2, 0.25) is 0 Å². The lowest BCUT2D eigenvalue weighted by atomic mass is 9.83. The number of nitrogens with zero attached hydrogens (tertiary/aromatic N) is 4. The third kappa shape index (κ3) is 3.49. The molecule has 26 heavy (non-hydrogen) atoms. The molecule has 136 valence electrons. The van der Waals surface area contributed by atoms with E-state index in [1.165, 1.54) is 4.88 Å². The molecule has 2 aliphatic rings. The lowest BCUT2D eigenvalue weighted by Crippen LogP contribution is -2.57. The summed E-state index contributed by atoms with van der Waals surface area (Å²) in [7, 11) is 0. The Morgan fingerprint density at radius 3 is 2.96 bits per heavy atom. The molecule has 0 unspecified atom stereocenters. The zero-order valence-corrected chi connectivity index (χ0v) is 15.4. The summed E-state index contributed by atoms with van der Waals surface area (Å²) in [5.41, 5.74) is 0.396. The van der Waals surface area contributed by atoms with Gasteiger partial charge in [0, 0.05) is 43.2 Å². The Morgan fingerprint density at radius 2 is 2.19 bits per heavy atom. The Morgan fingerprint density at radius 1 is 1.27 bits per heavy atom. The van der Waals surface area contributed by atoms with Crippen LogP contribution in [-0.2, 0) is 11.2 Å². The van der Waals surface area contributed by atoms with E-state index < -0.39 is 0 Å². The maximum Gasteiger partial charge on any atom is 0.274 e. The number of hydrogen-bond acceptors (Lipinski definition) is 5. The predicted molar refractivity (Wildman–Crippen MR) is 98.8 cm³/mol. The first kappa shape index (κ1) is 17.1. The number of carbonyl (C=O) groups excluding carboxylic acids is 2. The van der Waals surface area contributed by atoms with Crippen molar-refractivity contribution >= 4 is 23.2 Å². The summed E-state index contributed by atoms with van der Waals surface area (Å²) in [6.07, 6.45) is 4.77. The topological polar surface area (TPSA) is 66.4 Å². The zero-order chi connectivity index (χ0) is 17.9. The molecule has 0 aliphatic carbocycles. The molecule has 7 heteroatoms. The molecule has 0 radical (unpaired) electrons. The summed E-state index contributed by atoms with van der Waals surface area (Å²) in [5, 5.41) is 9.82. The predicted octanol–water partition coefficient (Wildman–Crippen LogP) is 2.23. The molecule has 0 N–H and O–H groups in total. The van der Waals surface area contributed by atoms with Gasteiger partial charge in [-0.25, -0.2) is 0 Å². The van der Waals surface area contributed by atoms with Gasteiger partial charge in [-0.05, 0) is 48.8 Å². The molecule has 6 nitrogen and oxygen atoms in total. The van der Waals surface area contributed by atoms with Gasteiger partial charge in [-0.1, -0.05) is 6.07 Å². The average Bonchev–Trinajstić information content (AvgIpc) is 3.20. The van der Waals surface area contributed by atoms with Crippen molar-refractivity contribution in [2.24, 2.45) is 5.92 Å². The number of aromatic nitrogens is 2. The Hall–Kier alpha value is -2.28. The van der Waals surface area contributed by atoms with Crippen LogP contribution in [0.15, 0.2) is 35.8 Å². The van der Waals surface area contributed by atoms with E-state index in [0.717, 1.165) is 25.8 Å². The monoisotopic (exact) mass is 370 g/mol. The summed E-state index contributed by atoms with van der Waals surface area (Å²) < 4.78 is 0. The lowest BCUT2D eigenvalue weighted by molar-refractivity contribution is -0.140. The molecule has 2 aromatic heterocycles. The second-order valence-corrected chi connectivity index (χ2v) is 7.96. The van der Waals surface area contributed by atoms with Gasteiger partial charge in [0.15, 0.2) is 5.69 Å². The Kier molecular flexibility index (Phi) is 4.97. The highest BCUT2D eigenvalue weighted by molar-refractivity contribution is 7.09. The van der Waals surface area contributed by atoms with Gasteiger partial charge < -0.3 is 9.80 Å². The first-order valence-electron chi connectivity index (χ1n) is 9.11. The second-order valence-electron chi connectivity index (χ2n) is 6.93. The van der Waals surface area contributed by atoms with Crippen molar-refractivity contribution in [3.63, 3.8) is 0 Å². The van der Waals surface area contributed by atoms with Crippen LogP contribution in [0.25, 0.3) is 0 Å². The summed E-state index contributed by atoms with van der Waals surface area (Å²) in [4.78, 5) is 30.4. The molecule has 0 aromatic carbocycles. The van der Waals surface area contributed by atoms with Crippen molar-refractivity contribution in [1.82, 2.24) is 20.0 Å². The molecular formula is C19H22N4O2S. The second kappa shape index (κ2) is 7.53. The van der Waals surface area contributed by atoms with Crippen LogP contribution in [-0.4, -0.2) is 57.5 Å². The van der Waals surface area contributed by atoms with Gasteiger partial charge in [-0.2, -0.15) is 5.10 Å². The Labute approximate surface area is 156 Å². The van der Waals surface area contributed by atoms with Crippen LogP contribution in [0, 0.1) is 5.92 Å². The highest BCUT2D eigenvalue weighted by Crippen LogP contribution is 2.32. The standard InChI is InChI=1S/C19H22N4O2S/c24-18-6-5-14-13-22(19(25)16-4-1-9-20-21-16)10-8-17(14)23(18)11-7-15-3-2-12-26-15/h1-4,9,12,14,17H,5-8,10-11,13H2/t14-,17+/m0/s1. The number of carbonyl (C=O) groups is 2. The summed E-state index contributed by atoms with van der Waals surface area (Å²) in [6, 6.07) is 7.87. The maximum absolute atomic E-state index is 12.6. The third-order valence-electron chi connectivity index (χ3n) is 5.40. The molecule has 4 heterocycles. The molecule has 4 rings (SSSR count). The van der Waals surface area contributed by atoms with Crippen LogP contribution in [0.5, 0.6) is 0 Å². The van der Waals surface area contributed by atoms with Crippen molar-refractivity contribution in [3.8, 4) is 0 Å². The molecule has 0 saturated carbocycles. The Bertz CT molecular complexity index is 765. The van der Waals surface area contributed by atoms with Gasteiger partial charge in [0.05, 0.1) is 0 Å². The SMILES string of the molecule is O=C(c1cccnn1)N1CC[C@@H]2[C@@H](CCC(=O)N2CCc2cccs2)C1. The number of fused-ring (bicyclic) bond motifs is 1. The molecule has 0 spiro atoms. The van der Waals surface area contributed by atoms with Crippen LogP contribution in [0.3, 0.4) is 0 Å². The third-order valence-corrected chi connectivity index (χ3v) is 6.34. The van der Waals surface area contributed by atoms with E-state index in [0.29, 0.717) is 31.1 Å². The number of likely N-dealkylation sites (tertiary alicyclic amines) is 2. The molecule has 2 amide bonds. The molecule has 2 aromatic rings. The van der Waals surface area contributed by atoms with E-state index in [1.807, 2.05) is 4.90 Å². The first-order valence-corrected chi connectivity index (χ1v) is 9.99. The zero-order valence-electron chi connectivity index (χ0n) is 14.6. The normalized spacial score (nSPS) is 23.0. The minimum Gasteiger partial charge on any atom is -0.339 e. The van der Waals surface area contributed by atoms with Crippen molar-refractivity contribution in [1.29, 1.82) is 0 Å². The van der Waals surface area contributed by atoms with Gasteiger partial charge in [-0.3, -0.25) is 9.59 Å². The summed E-state index contributed by atoms with van der Waals surface area (Å²) >= 11 is 1.74. The first-order chi connectivity index (χ1) is 12.7. The van der Waals surface area contributed by atoms with E-state index in [2.05, 4.69) is 32.6 Å². The lowest BCUT2D eigenvalue weighted by Gasteiger charge is -2.47. The summed E-state index contributed by atoms with van der Waals surface area (Å²) in [5.74, 6) is 0.556.